The van der Waals surface area contributed by atoms with Crippen LogP contribution in [0.25, 0.3) is 11.5 Å². The van der Waals surface area contributed by atoms with Crippen LogP contribution in [0.1, 0.15) is 28.2 Å². The molecular weight excluding hydrogens is 302 g/mol. The zero-order chi connectivity index (χ0) is 16.8. The van der Waals surface area contributed by atoms with Gasteiger partial charge in [-0.2, -0.15) is 0 Å². The topological polar surface area (TPSA) is 68.0 Å². The molecule has 122 valence electrons. The lowest BCUT2D eigenvalue weighted by Crippen LogP contribution is -2.25. The molecule has 0 saturated heterocycles. The molecule has 1 N–H and O–H groups in total. The minimum Gasteiger partial charge on any atom is -0.412 e. The maximum Gasteiger partial charge on any atom is 0.308 e. The quantitative estimate of drug-likeness (QED) is 0.707. The molecule has 0 aliphatic rings. The smallest absolute Gasteiger partial charge is 0.308 e. The van der Waals surface area contributed by atoms with Crippen molar-refractivity contribution in [3.63, 3.8) is 0 Å². The number of aryl methyl sites for hydroxylation is 2. The maximum atomic E-state index is 12.0. The van der Waals surface area contributed by atoms with Gasteiger partial charge in [-0.3, -0.25) is 4.79 Å². The molecule has 1 aromatic heterocycles. The Morgan fingerprint density at radius 3 is 2.54 bits per heavy atom. The summed E-state index contributed by atoms with van der Waals surface area (Å²) in [5.74, 6) is 0.00338. The highest BCUT2D eigenvalue weighted by Gasteiger charge is 2.15. The minimum absolute atomic E-state index is 0.00899. The number of amides is 1. The van der Waals surface area contributed by atoms with E-state index in [9.17, 15) is 4.79 Å². The van der Waals surface area contributed by atoms with Gasteiger partial charge in [0.05, 0.1) is 0 Å². The summed E-state index contributed by atoms with van der Waals surface area (Å²) in [5.41, 5.74) is 3.21. The van der Waals surface area contributed by atoms with Crippen molar-refractivity contribution in [1.82, 2.24) is 15.5 Å². The van der Waals surface area contributed by atoms with Gasteiger partial charge < -0.3 is 9.73 Å². The van der Waals surface area contributed by atoms with E-state index in [1.54, 1.807) is 0 Å². The van der Waals surface area contributed by atoms with Gasteiger partial charge in [-0.15, -0.1) is 10.2 Å². The standard InChI is InChI=1S/C19H19N3O2/c1-14-9-11-16(12-10-14)18-21-22-19(24-18)17(23)20-13-5-8-15-6-3-2-4-7-15/h2-4,6-7,9-12H,5,8,13H2,1H3,(H,20,23). The lowest BCUT2D eigenvalue weighted by Gasteiger charge is -2.02. The summed E-state index contributed by atoms with van der Waals surface area (Å²) in [5, 5.41) is 10.6. The third-order valence-electron chi connectivity index (χ3n) is 3.69. The van der Waals surface area contributed by atoms with Gasteiger partial charge in [-0.25, -0.2) is 0 Å². The first kappa shape index (κ1) is 15.9. The first-order chi connectivity index (χ1) is 11.7. The molecule has 1 heterocycles. The van der Waals surface area contributed by atoms with E-state index in [2.05, 4.69) is 27.6 Å². The van der Waals surface area contributed by atoms with E-state index in [0.29, 0.717) is 12.4 Å². The summed E-state index contributed by atoms with van der Waals surface area (Å²) in [7, 11) is 0. The molecule has 0 radical (unpaired) electrons. The average molecular weight is 321 g/mol. The second-order valence-electron chi connectivity index (χ2n) is 5.62. The van der Waals surface area contributed by atoms with Crippen LogP contribution in [0.15, 0.2) is 59.0 Å². The molecule has 0 aliphatic heterocycles. The van der Waals surface area contributed by atoms with Gasteiger partial charge in [0.2, 0.25) is 5.89 Å². The SMILES string of the molecule is Cc1ccc(-c2nnc(C(=O)NCCCc3ccccc3)o2)cc1. The summed E-state index contributed by atoms with van der Waals surface area (Å²) >= 11 is 0. The summed E-state index contributed by atoms with van der Waals surface area (Å²) in [6.07, 6.45) is 1.77. The molecule has 3 rings (SSSR count). The van der Waals surface area contributed by atoms with Crippen LogP contribution in [0.5, 0.6) is 0 Å². The van der Waals surface area contributed by atoms with Crippen molar-refractivity contribution in [3.8, 4) is 11.5 Å². The molecule has 0 aliphatic carbocycles. The average Bonchev–Trinajstić information content (AvgIpc) is 3.10. The molecule has 0 atom stereocenters. The normalized spacial score (nSPS) is 10.5. The van der Waals surface area contributed by atoms with Crippen molar-refractivity contribution in [1.29, 1.82) is 0 Å². The Bertz CT molecular complexity index is 795. The minimum atomic E-state index is -0.339. The number of hydrogen-bond donors (Lipinski definition) is 1. The number of carbonyl (C=O) groups is 1. The monoisotopic (exact) mass is 321 g/mol. The highest BCUT2D eigenvalue weighted by molar-refractivity contribution is 5.89. The van der Waals surface area contributed by atoms with E-state index in [-0.39, 0.29) is 11.8 Å². The molecule has 5 heteroatoms. The van der Waals surface area contributed by atoms with Crippen molar-refractivity contribution in [2.24, 2.45) is 0 Å². The van der Waals surface area contributed by atoms with Crippen LogP contribution in [-0.4, -0.2) is 22.6 Å². The fourth-order valence-corrected chi connectivity index (χ4v) is 2.34. The third kappa shape index (κ3) is 4.07. The Morgan fingerprint density at radius 2 is 1.79 bits per heavy atom. The van der Waals surface area contributed by atoms with Crippen molar-refractivity contribution < 1.29 is 9.21 Å². The third-order valence-corrected chi connectivity index (χ3v) is 3.69. The highest BCUT2D eigenvalue weighted by atomic mass is 16.4. The molecule has 0 fully saturated rings. The van der Waals surface area contributed by atoms with Crippen LogP contribution >= 0.6 is 0 Å². The number of nitrogens with zero attached hydrogens (tertiary/aromatic N) is 2. The molecule has 1 amide bonds. The molecule has 24 heavy (non-hydrogen) atoms. The Labute approximate surface area is 140 Å². The zero-order valence-corrected chi connectivity index (χ0v) is 13.5. The van der Waals surface area contributed by atoms with Crippen LogP contribution in [-0.2, 0) is 6.42 Å². The molecule has 0 spiro atoms. The lowest BCUT2D eigenvalue weighted by atomic mass is 10.1. The van der Waals surface area contributed by atoms with Crippen LogP contribution in [0.4, 0.5) is 0 Å². The van der Waals surface area contributed by atoms with E-state index in [4.69, 9.17) is 4.42 Å². The largest absolute Gasteiger partial charge is 0.412 e. The fourth-order valence-electron chi connectivity index (χ4n) is 2.34. The number of hydrogen-bond acceptors (Lipinski definition) is 4. The van der Waals surface area contributed by atoms with Gasteiger partial charge in [0.15, 0.2) is 0 Å². The van der Waals surface area contributed by atoms with Crippen molar-refractivity contribution in [2.45, 2.75) is 19.8 Å². The van der Waals surface area contributed by atoms with Gasteiger partial charge >= 0.3 is 11.8 Å². The number of aromatic nitrogens is 2. The van der Waals surface area contributed by atoms with Crippen molar-refractivity contribution in [3.05, 3.63) is 71.6 Å². The van der Waals surface area contributed by atoms with Gasteiger partial charge in [0.25, 0.3) is 0 Å². The molecule has 0 bridgehead atoms. The Balaban J connectivity index is 1.51. The fraction of sp³-hybridized carbons (Fsp3) is 0.211. The predicted octanol–water partition coefficient (Wildman–Crippen LogP) is 3.41. The van der Waals surface area contributed by atoms with E-state index >= 15 is 0 Å². The van der Waals surface area contributed by atoms with Crippen molar-refractivity contribution >= 4 is 5.91 Å². The molecule has 0 unspecified atom stereocenters. The Hall–Kier alpha value is -2.95. The first-order valence-corrected chi connectivity index (χ1v) is 7.95. The number of benzene rings is 2. The van der Waals surface area contributed by atoms with E-state index in [1.807, 2.05) is 49.4 Å². The predicted molar refractivity (Wildman–Crippen MR) is 91.6 cm³/mol. The molecular formula is C19H19N3O2. The van der Waals surface area contributed by atoms with Crippen LogP contribution in [0, 0.1) is 6.92 Å². The summed E-state index contributed by atoms with van der Waals surface area (Å²) < 4.78 is 5.45. The molecule has 2 aromatic carbocycles. The number of nitrogens with one attached hydrogen (secondary N) is 1. The summed E-state index contributed by atoms with van der Waals surface area (Å²) in [6.45, 7) is 2.57. The number of rotatable bonds is 6. The molecule has 0 saturated carbocycles. The summed E-state index contributed by atoms with van der Waals surface area (Å²) in [4.78, 5) is 12.0. The number of carbonyl (C=O) groups excluding carboxylic acids is 1. The van der Waals surface area contributed by atoms with Gasteiger partial charge in [0, 0.05) is 12.1 Å². The second kappa shape index (κ2) is 7.55. The first-order valence-electron chi connectivity index (χ1n) is 7.95. The lowest BCUT2D eigenvalue weighted by molar-refractivity contribution is 0.0919. The van der Waals surface area contributed by atoms with E-state index in [0.717, 1.165) is 24.0 Å². The van der Waals surface area contributed by atoms with E-state index < -0.39 is 0 Å². The Kier molecular flexibility index (Phi) is 5.01. The van der Waals surface area contributed by atoms with Gasteiger partial charge in [-0.1, -0.05) is 48.0 Å². The summed E-state index contributed by atoms with van der Waals surface area (Å²) in [6, 6.07) is 17.9. The molecule has 3 aromatic rings. The van der Waals surface area contributed by atoms with Crippen LogP contribution < -0.4 is 5.32 Å². The molecule has 5 nitrogen and oxygen atoms in total. The van der Waals surface area contributed by atoms with Crippen LogP contribution in [0.3, 0.4) is 0 Å². The van der Waals surface area contributed by atoms with Crippen LogP contribution in [0.2, 0.25) is 0 Å². The van der Waals surface area contributed by atoms with Gasteiger partial charge in [0.1, 0.15) is 0 Å². The highest BCUT2D eigenvalue weighted by Crippen LogP contribution is 2.18. The second-order valence-corrected chi connectivity index (χ2v) is 5.62. The zero-order valence-electron chi connectivity index (χ0n) is 13.5. The van der Waals surface area contributed by atoms with E-state index in [1.165, 1.54) is 5.56 Å². The Morgan fingerprint density at radius 1 is 1.04 bits per heavy atom. The maximum absolute atomic E-state index is 12.0. The van der Waals surface area contributed by atoms with Gasteiger partial charge in [-0.05, 0) is 37.5 Å². The van der Waals surface area contributed by atoms with Crippen molar-refractivity contribution in [2.75, 3.05) is 6.54 Å².